The topological polar surface area (TPSA) is 112 Å². The van der Waals surface area contributed by atoms with Crippen LogP contribution in [0.25, 0.3) is 0 Å². The molecule has 4 N–H and O–H groups in total. The predicted octanol–water partition coefficient (Wildman–Crippen LogP) is -0.383. The number of likely N-dealkylation sites (tertiary alicyclic amines) is 1. The van der Waals surface area contributed by atoms with Gasteiger partial charge in [-0.25, -0.2) is 0 Å². The van der Waals surface area contributed by atoms with Crippen molar-refractivity contribution in [3.8, 4) is 0 Å². The van der Waals surface area contributed by atoms with E-state index in [-0.39, 0.29) is 35.8 Å². The molecule has 1 spiro atoms. The second-order valence-electron chi connectivity index (χ2n) is 11.8. The Labute approximate surface area is 189 Å². The van der Waals surface area contributed by atoms with Crippen molar-refractivity contribution in [2.24, 2.45) is 34.5 Å². The van der Waals surface area contributed by atoms with Crippen LogP contribution < -0.4 is 0 Å². The molecule has 1 saturated heterocycles. The summed E-state index contributed by atoms with van der Waals surface area (Å²) in [6.07, 6.45) is -0.268. The first-order chi connectivity index (χ1) is 15.2. The number of nitrogens with zero attached hydrogens (tertiary/aromatic N) is 1. The van der Waals surface area contributed by atoms with E-state index in [9.17, 15) is 20.4 Å². The maximum Gasteiger partial charge on any atom is 0.117 e. The van der Waals surface area contributed by atoms with E-state index in [4.69, 9.17) is 14.2 Å². The van der Waals surface area contributed by atoms with Crippen LogP contribution in [0.2, 0.25) is 0 Å². The molecule has 8 nitrogen and oxygen atoms in total. The van der Waals surface area contributed by atoms with Crippen molar-refractivity contribution < 1.29 is 34.6 Å². The highest BCUT2D eigenvalue weighted by Gasteiger charge is 2.87. The number of aliphatic hydroxyl groups is 4. The van der Waals surface area contributed by atoms with Crippen LogP contribution in [0.15, 0.2) is 0 Å². The molecule has 6 rings (SSSR count). The molecule has 5 saturated carbocycles. The van der Waals surface area contributed by atoms with Crippen LogP contribution in [-0.4, -0.2) is 108 Å². The summed E-state index contributed by atoms with van der Waals surface area (Å²) in [5.74, 6) is -1.22. The molecule has 32 heavy (non-hydrogen) atoms. The van der Waals surface area contributed by atoms with Gasteiger partial charge < -0.3 is 34.6 Å². The summed E-state index contributed by atoms with van der Waals surface area (Å²) in [5.41, 5.74) is -3.42. The standard InChI is InChI=1S/C24H39NO7/c1-5-25-10-21(11-30-2)7-6-13(31-3)24-12-8-22(28)14(32-4)9-23(29,15(12)20(22)27)16(19(24)25)17(26)18(21)24/h12-20,26-29H,5-11H2,1-4H3/t12-,13+,14+,15-,16?,17-,18-,19?,20-,21+,22+,23-,24+/m1/s1. The molecule has 1 aliphatic heterocycles. The minimum Gasteiger partial charge on any atom is -0.392 e. The highest BCUT2D eigenvalue weighted by atomic mass is 16.5. The third-order valence-corrected chi connectivity index (χ3v) is 11.2. The fourth-order valence-corrected chi connectivity index (χ4v) is 10.7. The number of fused-ring (bicyclic) bond motifs is 2. The summed E-state index contributed by atoms with van der Waals surface area (Å²) in [5, 5.41) is 47.6. The predicted molar refractivity (Wildman–Crippen MR) is 114 cm³/mol. The zero-order chi connectivity index (χ0) is 22.8. The average molecular weight is 454 g/mol. The van der Waals surface area contributed by atoms with Gasteiger partial charge in [-0.2, -0.15) is 0 Å². The summed E-state index contributed by atoms with van der Waals surface area (Å²) in [6.45, 7) is 4.32. The van der Waals surface area contributed by atoms with E-state index >= 15 is 0 Å². The number of hydrogen-bond acceptors (Lipinski definition) is 8. The first-order valence-corrected chi connectivity index (χ1v) is 12.3. The molecule has 0 radical (unpaired) electrons. The van der Waals surface area contributed by atoms with Crippen LogP contribution in [0, 0.1) is 34.5 Å². The normalized spacial score (nSPS) is 62.4. The molecule has 0 amide bonds. The van der Waals surface area contributed by atoms with Gasteiger partial charge in [-0.3, -0.25) is 4.90 Å². The molecule has 8 heteroatoms. The van der Waals surface area contributed by atoms with Crippen LogP contribution in [0.5, 0.6) is 0 Å². The summed E-state index contributed by atoms with van der Waals surface area (Å²) in [4.78, 5) is 2.44. The van der Waals surface area contributed by atoms with Crippen LogP contribution in [0.3, 0.4) is 0 Å². The van der Waals surface area contributed by atoms with Gasteiger partial charge in [0, 0.05) is 68.9 Å². The first-order valence-electron chi connectivity index (χ1n) is 12.3. The van der Waals surface area contributed by atoms with E-state index in [0.29, 0.717) is 13.0 Å². The van der Waals surface area contributed by atoms with Gasteiger partial charge >= 0.3 is 0 Å². The van der Waals surface area contributed by atoms with Crippen molar-refractivity contribution in [3.63, 3.8) is 0 Å². The molecule has 5 aliphatic carbocycles. The average Bonchev–Trinajstić information content (AvgIpc) is 3.10. The molecule has 0 aromatic heterocycles. The minimum absolute atomic E-state index is 0.0702. The minimum atomic E-state index is -1.40. The number of hydrogen-bond donors (Lipinski definition) is 4. The molecule has 0 aromatic rings. The highest BCUT2D eigenvalue weighted by molar-refractivity contribution is 5.37. The smallest absolute Gasteiger partial charge is 0.117 e. The van der Waals surface area contributed by atoms with E-state index in [1.54, 1.807) is 14.2 Å². The van der Waals surface area contributed by atoms with E-state index in [0.717, 1.165) is 25.9 Å². The van der Waals surface area contributed by atoms with Gasteiger partial charge in [0.15, 0.2) is 0 Å². The first kappa shape index (κ1) is 22.2. The van der Waals surface area contributed by atoms with Gasteiger partial charge in [-0.15, -0.1) is 0 Å². The van der Waals surface area contributed by atoms with Gasteiger partial charge in [0.05, 0.1) is 36.6 Å². The fourth-order valence-electron chi connectivity index (χ4n) is 10.7. The molecular formula is C24H39NO7. The molecule has 6 aliphatic rings. The summed E-state index contributed by atoms with van der Waals surface area (Å²) >= 11 is 0. The third-order valence-electron chi connectivity index (χ3n) is 11.2. The number of ether oxygens (including phenoxy) is 3. The van der Waals surface area contributed by atoms with Gasteiger partial charge in [0.25, 0.3) is 0 Å². The van der Waals surface area contributed by atoms with Crippen molar-refractivity contribution in [1.29, 1.82) is 0 Å². The van der Waals surface area contributed by atoms with Gasteiger partial charge in [-0.05, 0) is 31.7 Å². The second kappa shape index (κ2) is 6.66. The Morgan fingerprint density at radius 1 is 0.969 bits per heavy atom. The Morgan fingerprint density at radius 3 is 2.31 bits per heavy atom. The van der Waals surface area contributed by atoms with Crippen molar-refractivity contribution in [1.82, 2.24) is 4.90 Å². The Hall–Kier alpha value is -0.320. The number of piperidine rings is 1. The quantitative estimate of drug-likeness (QED) is 0.446. The summed E-state index contributed by atoms with van der Waals surface area (Å²) in [7, 11) is 5.01. The highest BCUT2D eigenvalue weighted by Crippen LogP contribution is 2.79. The maximum absolute atomic E-state index is 12.4. The molecule has 1 heterocycles. The second-order valence-corrected chi connectivity index (χ2v) is 11.8. The zero-order valence-corrected chi connectivity index (χ0v) is 19.6. The molecule has 0 aromatic carbocycles. The molecule has 13 atom stereocenters. The number of rotatable bonds is 5. The van der Waals surface area contributed by atoms with Crippen molar-refractivity contribution in [2.45, 2.75) is 74.3 Å². The lowest BCUT2D eigenvalue weighted by atomic mass is 9.43. The van der Waals surface area contributed by atoms with Gasteiger partial charge in [0.2, 0.25) is 0 Å². The van der Waals surface area contributed by atoms with Crippen LogP contribution in [0.1, 0.15) is 32.6 Å². The molecule has 7 bridgehead atoms. The van der Waals surface area contributed by atoms with E-state index in [1.807, 2.05) is 0 Å². The Balaban J connectivity index is 1.63. The van der Waals surface area contributed by atoms with Crippen molar-refractivity contribution in [3.05, 3.63) is 0 Å². The molecule has 6 fully saturated rings. The van der Waals surface area contributed by atoms with Crippen molar-refractivity contribution >= 4 is 0 Å². The summed E-state index contributed by atoms with van der Waals surface area (Å²) in [6, 6.07) is -0.0702. The Kier molecular flexibility index (Phi) is 4.62. The van der Waals surface area contributed by atoms with Gasteiger partial charge in [0.1, 0.15) is 5.60 Å². The Morgan fingerprint density at radius 2 is 1.69 bits per heavy atom. The molecule has 2 unspecified atom stereocenters. The molecule has 182 valence electrons. The lowest BCUT2D eigenvalue weighted by molar-refractivity contribution is -0.283. The van der Waals surface area contributed by atoms with Crippen LogP contribution in [-0.2, 0) is 14.2 Å². The third kappa shape index (κ3) is 2.07. The number of methoxy groups -OCH3 is 3. The van der Waals surface area contributed by atoms with Crippen LogP contribution in [0.4, 0.5) is 0 Å². The Bertz CT molecular complexity index is 798. The SMILES string of the molecule is CCN1C[C@]2(COC)CC[C@H](OC)[C@]34C1C([C@@H](O)[C@H]23)[C@@]1(O)C[C@H](OC)[C@@]2(O)C[C@@H]4[C@@H]1[C@H]2O. The fraction of sp³-hybridized carbons (Fsp3) is 1.00. The van der Waals surface area contributed by atoms with E-state index in [1.165, 1.54) is 7.11 Å². The molecular weight excluding hydrogens is 414 g/mol. The van der Waals surface area contributed by atoms with Crippen LogP contribution >= 0.6 is 0 Å². The largest absolute Gasteiger partial charge is 0.392 e. The van der Waals surface area contributed by atoms with Crippen molar-refractivity contribution in [2.75, 3.05) is 41.0 Å². The lowest BCUT2D eigenvalue weighted by Gasteiger charge is -2.69. The summed E-state index contributed by atoms with van der Waals surface area (Å²) < 4.78 is 17.6. The monoisotopic (exact) mass is 453 g/mol. The number of aliphatic hydroxyl groups excluding tert-OH is 2. The lowest BCUT2D eigenvalue weighted by Crippen LogP contribution is -2.76. The van der Waals surface area contributed by atoms with E-state index in [2.05, 4.69) is 11.8 Å². The zero-order valence-electron chi connectivity index (χ0n) is 19.6. The van der Waals surface area contributed by atoms with Gasteiger partial charge in [-0.1, -0.05) is 6.92 Å². The van der Waals surface area contributed by atoms with E-state index < -0.39 is 46.8 Å². The maximum atomic E-state index is 12.4.